The number of anilines is 1. The third-order valence-corrected chi connectivity index (χ3v) is 3.69. The molecule has 1 aromatic carbocycles. The third kappa shape index (κ3) is 6.14. The zero-order valence-electron chi connectivity index (χ0n) is 14.3. The maximum absolute atomic E-state index is 12.0. The van der Waals surface area contributed by atoms with Crippen molar-refractivity contribution in [2.75, 3.05) is 5.32 Å². The van der Waals surface area contributed by atoms with Gasteiger partial charge in [-0.1, -0.05) is 32.9 Å². The molecule has 0 aliphatic carbocycles. The van der Waals surface area contributed by atoms with Crippen molar-refractivity contribution in [2.24, 2.45) is 0 Å². The standard InChI is InChI=1S/C19H24N2O.BrH/c1-15-9-12-21(13-10-15)14-11-18(22)20-17-7-5-16(6-8-17)19(2,3)4;/h5-10,12-13H,11,14H2,1-4H3;1H. The number of aryl methyl sites for hydroxylation is 2. The molecule has 0 bridgehead atoms. The molecule has 0 atom stereocenters. The van der Waals surface area contributed by atoms with Crippen LogP contribution < -0.4 is 26.9 Å². The number of halogens is 1. The molecule has 4 heteroatoms. The lowest BCUT2D eigenvalue weighted by Gasteiger charge is -2.19. The Balaban J connectivity index is 0.00000264. The highest BCUT2D eigenvalue weighted by molar-refractivity contribution is 5.90. The van der Waals surface area contributed by atoms with Gasteiger partial charge in [-0.2, -0.15) is 0 Å². The van der Waals surface area contributed by atoms with E-state index < -0.39 is 0 Å². The van der Waals surface area contributed by atoms with Crippen molar-refractivity contribution >= 4 is 11.6 Å². The molecule has 0 aliphatic rings. The van der Waals surface area contributed by atoms with E-state index >= 15 is 0 Å². The van der Waals surface area contributed by atoms with Crippen molar-refractivity contribution in [3.63, 3.8) is 0 Å². The molecule has 0 saturated heterocycles. The summed E-state index contributed by atoms with van der Waals surface area (Å²) >= 11 is 0. The Morgan fingerprint density at radius 2 is 1.61 bits per heavy atom. The summed E-state index contributed by atoms with van der Waals surface area (Å²) < 4.78 is 2.02. The molecular formula is C19H25BrN2O. The number of benzene rings is 1. The number of amides is 1. The second kappa shape index (κ2) is 8.25. The van der Waals surface area contributed by atoms with E-state index in [1.807, 2.05) is 41.2 Å². The van der Waals surface area contributed by atoms with Crippen LogP contribution in [-0.2, 0) is 16.8 Å². The van der Waals surface area contributed by atoms with Crippen LogP contribution in [-0.4, -0.2) is 5.91 Å². The number of pyridine rings is 1. The van der Waals surface area contributed by atoms with Gasteiger partial charge in [-0.05, 0) is 35.6 Å². The molecule has 1 aromatic heterocycles. The first kappa shape index (κ1) is 19.4. The summed E-state index contributed by atoms with van der Waals surface area (Å²) in [4.78, 5) is 12.0. The van der Waals surface area contributed by atoms with Crippen molar-refractivity contribution in [3.8, 4) is 0 Å². The summed E-state index contributed by atoms with van der Waals surface area (Å²) in [5, 5.41) is 2.95. The summed E-state index contributed by atoms with van der Waals surface area (Å²) in [6.45, 7) is 9.28. The smallest absolute Gasteiger partial charge is 0.230 e. The summed E-state index contributed by atoms with van der Waals surface area (Å²) in [5.41, 5.74) is 3.47. The SMILES string of the molecule is Cc1cc[n+](CCC(=O)Nc2ccc(C(C)(C)C)cc2)cc1.[Br-]. The van der Waals surface area contributed by atoms with Crippen molar-refractivity contribution in [3.05, 3.63) is 59.9 Å². The minimum absolute atomic E-state index is 0. The maximum atomic E-state index is 12.0. The molecule has 2 aromatic rings. The molecule has 1 N–H and O–H groups in total. The molecule has 0 aliphatic heterocycles. The van der Waals surface area contributed by atoms with Crippen molar-refractivity contribution in [2.45, 2.75) is 46.1 Å². The van der Waals surface area contributed by atoms with Gasteiger partial charge in [0.15, 0.2) is 18.9 Å². The predicted molar refractivity (Wildman–Crippen MR) is 89.8 cm³/mol. The van der Waals surface area contributed by atoms with Gasteiger partial charge in [0.2, 0.25) is 5.91 Å². The van der Waals surface area contributed by atoms with Gasteiger partial charge in [0, 0.05) is 17.8 Å². The van der Waals surface area contributed by atoms with E-state index in [0.29, 0.717) is 13.0 Å². The largest absolute Gasteiger partial charge is 1.00 e. The van der Waals surface area contributed by atoms with Crippen molar-refractivity contribution in [1.29, 1.82) is 0 Å². The number of rotatable bonds is 4. The molecule has 0 unspecified atom stereocenters. The first-order valence-corrected chi connectivity index (χ1v) is 7.71. The second-order valence-corrected chi connectivity index (χ2v) is 6.74. The number of hydrogen-bond donors (Lipinski definition) is 1. The fourth-order valence-corrected chi connectivity index (χ4v) is 2.19. The molecule has 0 radical (unpaired) electrons. The average molecular weight is 377 g/mol. The highest BCUT2D eigenvalue weighted by Crippen LogP contribution is 2.23. The van der Waals surface area contributed by atoms with Gasteiger partial charge < -0.3 is 22.3 Å². The number of hydrogen-bond acceptors (Lipinski definition) is 1. The lowest BCUT2D eigenvalue weighted by atomic mass is 9.87. The van der Waals surface area contributed by atoms with Crippen LogP contribution in [0.25, 0.3) is 0 Å². The van der Waals surface area contributed by atoms with Crippen LogP contribution in [0.3, 0.4) is 0 Å². The fourth-order valence-electron chi connectivity index (χ4n) is 2.19. The molecular weight excluding hydrogens is 352 g/mol. The zero-order chi connectivity index (χ0) is 16.2. The predicted octanol–water partition coefficient (Wildman–Crippen LogP) is 0.613. The number of carbonyl (C=O) groups excluding carboxylic acids is 1. The summed E-state index contributed by atoms with van der Waals surface area (Å²) in [6, 6.07) is 12.2. The van der Waals surface area contributed by atoms with E-state index in [1.54, 1.807) is 0 Å². The van der Waals surface area contributed by atoms with Gasteiger partial charge in [-0.25, -0.2) is 4.57 Å². The van der Waals surface area contributed by atoms with Crippen LogP contribution in [0.15, 0.2) is 48.8 Å². The number of aromatic nitrogens is 1. The summed E-state index contributed by atoms with van der Waals surface area (Å²) in [7, 11) is 0. The Bertz CT molecular complexity index is 628. The average Bonchev–Trinajstić information content (AvgIpc) is 2.46. The van der Waals surface area contributed by atoms with Crippen LogP contribution in [0.5, 0.6) is 0 Å². The Morgan fingerprint density at radius 3 is 2.13 bits per heavy atom. The van der Waals surface area contributed by atoms with Gasteiger partial charge in [-0.3, -0.25) is 4.79 Å². The third-order valence-electron chi connectivity index (χ3n) is 3.69. The molecule has 3 nitrogen and oxygen atoms in total. The van der Waals surface area contributed by atoms with E-state index in [2.05, 4.69) is 45.1 Å². The van der Waals surface area contributed by atoms with Crippen LogP contribution in [0.1, 0.15) is 38.3 Å². The number of nitrogens with one attached hydrogen (secondary N) is 1. The van der Waals surface area contributed by atoms with Gasteiger partial charge in [-0.15, -0.1) is 0 Å². The Morgan fingerprint density at radius 1 is 1.04 bits per heavy atom. The molecule has 2 rings (SSSR count). The quantitative estimate of drug-likeness (QED) is 0.779. The summed E-state index contributed by atoms with van der Waals surface area (Å²) in [6.07, 6.45) is 4.47. The lowest BCUT2D eigenvalue weighted by molar-refractivity contribution is -0.695. The van der Waals surface area contributed by atoms with E-state index in [1.165, 1.54) is 11.1 Å². The molecule has 0 fully saturated rings. The van der Waals surface area contributed by atoms with E-state index in [9.17, 15) is 4.79 Å². The fraction of sp³-hybridized carbons (Fsp3) is 0.368. The Labute approximate surface area is 149 Å². The highest BCUT2D eigenvalue weighted by Gasteiger charge is 2.13. The molecule has 1 amide bonds. The summed E-state index contributed by atoms with van der Waals surface area (Å²) in [5.74, 6) is 0.0385. The van der Waals surface area contributed by atoms with Crippen LogP contribution in [0, 0.1) is 6.92 Å². The first-order valence-electron chi connectivity index (χ1n) is 7.71. The monoisotopic (exact) mass is 376 g/mol. The Hall–Kier alpha value is -1.68. The van der Waals surface area contributed by atoms with Gasteiger partial charge in [0.05, 0.1) is 6.42 Å². The van der Waals surface area contributed by atoms with E-state index in [-0.39, 0.29) is 28.3 Å². The van der Waals surface area contributed by atoms with Crippen molar-refractivity contribution in [1.82, 2.24) is 0 Å². The molecule has 0 saturated carbocycles. The minimum atomic E-state index is 0. The molecule has 124 valence electrons. The van der Waals surface area contributed by atoms with Crippen LogP contribution in [0.2, 0.25) is 0 Å². The molecule has 23 heavy (non-hydrogen) atoms. The topological polar surface area (TPSA) is 33.0 Å². The van der Waals surface area contributed by atoms with E-state index in [4.69, 9.17) is 0 Å². The second-order valence-electron chi connectivity index (χ2n) is 6.74. The number of carbonyl (C=O) groups is 1. The van der Waals surface area contributed by atoms with Gasteiger partial charge in [0.25, 0.3) is 0 Å². The highest BCUT2D eigenvalue weighted by atomic mass is 79.9. The van der Waals surface area contributed by atoms with Crippen molar-refractivity contribution < 1.29 is 26.3 Å². The van der Waals surface area contributed by atoms with Gasteiger partial charge >= 0.3 is 0 Å². The maximum Gasteiger partial charge on any atom is 0.230 e. The van der Waals surface area contributed by atoms with Gasteiger partial charge in [0.1, 0.15) is 0 Å². The molecule has 0 spiro atoms. The lowest BCUT2D eigenvalue weighted by Crippen LogP contribution is -3.00. The van der Waals surface area contributed by atoms with Crippen LogP contribution >= 0.6 is 0 Å². The Kier molecular flexibility index (Phi) is 6.95. The van der Waals surface area contributed by atoms with E-state index in [0.717, 1.165) is 5.69 Å². The minimum Gasteiger partial charge on any atom is -1.00 e. The normalized spacial score (nSPS) is 10.8. The first-order chi connectivity index (χ1) is 10.3. The number of nitrogens with zero attached hydrogens (tertiary/aromatic N) is 1. The van der Waals surface area contributed by atoms with Crippen LogP contribution in [0.4, 0.5) is 5.69 Å². The molecule has 1 heterocycles. The zero-order valence-corrected chi connectivity index (χ0v) is 15.9.